The summed E-state index contributed by atoms with van der Waals surface area (Å²) in [6.07, 6.45) is -2.43. The van der Waals surface area contributed by atoms with Gasteiger partial charge in [0.1, 0.15) is 12.2 Å². The summed E-state index contributed by atoms with van der Waals surface area (Å²) < 4.78 is 0. The van der Waals surface area contributed by atoms with Gasteiger partial charge in [-0.1, -0.05) is 0 Å². The summed E-state index contributed by atoms with van der Waals surface area (Å²) >= 11 is 5.20. The van der Waals surface area contributed by atoms with Gasteiger partial charge in [0.05, 0.1) is 0 Å². The lowest BCUT2D eigenvalue weighted by Crippen LogP contribution is -2.30. The van der Waals surface area contributed by atoms with Crippen LogP contribution in [0.2, 0.25) is 0 Å². The second-order valence-corrected chi connectivity index (χ2v) is 3.58. The highest BCUT2D eigenvalue weighted by molar-refractivity contribution is 6.64. The Morgan fingerprint density at radius 3 is 1.75 bits per heavy atom. The van der Waals surface area contributed by atoms with Crippen molar-refractivity contribution in [3.05, 3.63) is 20.2 Å². The van der Waals surface area contributed by atoms with Crippen LogP contribution in [0.1, 0.15) is 12.8 Å². The third kappa shape index (κ3) is 3.19. The number of rotatable bonds is 5. The van der Waals surface area contributed by atoms with Crippen LogP contribution in [0.3, 0.4) is 0 Å². The Morgan fingerprint density at radius 1 is 1.12 bits per heavy atom. The zero-order valence-electron chi connectivity index (χ0n) is 7.78. The monoisotopic (exact) mass is 254 g/mol. The highest BCUT2D eigenvalue weighted by atomic mass is 35.5. The minimum Gasteiger partial charge on any atom is -0.308 e. The maximum atomic E-state index is 10.8. The molecule has 0 aliphatic heterocycles. The van der Waals surface area contributed by atoms with Gasteiger partial charge in [-0.2, -0.15) is 0 Å². The molecule has 90 valence electrons. The Morgan fingerprint density at radius 2 is 1.50 bits per heavy atom. The first-order valence-electron chi connectivity index (χ1n) is 4.21. The van der Waals surface area contributed by atoms with E-state index in [1.54, 1.807) is 0 Å². The lowest BCUT2D eigenvalue weighted by atomic mass is 10.1. The molecule has 0 bridgehead atoms. The van der Waals surface area contributed by atoms with Crippen molar-refractivity contribution in [2.45, 2.75) is 25.0 Å². The Kier molecular flexibility index (Phi) is 3.82. The molecule has 0 heterocycles. The highest BCUT2D eigenvalue weighted by Gasteiger charge is 2.41. The zero-order chi connectivity index (χ0) is 12.3. The molecule has 1 rings (SSSR count). The van der Waals surface area contributed by atoms with Crippen molar-refractivity contribution in [3.8, 4) is 0 Å². The lowest BCUT2D eigenvalue weighted by Gasteiger charge is -2.14. The molecule has 0 aromatic heterocycles. The summed E-state index contributed by atoms with van der Waals surface area (Å²) in [6.45, 7) is 0. The molecule has 0 N–H and O–H groups in total. The van der Waals surface area contributed by atoms with Crippen molar-refractivity contribution in [1.82, 2.24) is 0 Å². The number of carbonyl (C=O) groups excluding carboxylic acids is 1. The van der Waals surface area contributed by atoms with Gasteiger partial charge in [-0.15, -0.1) is 20.2 Å². The molecule has 1 fully saturated rings. The van der Waals surface area contributed by atoms with E-state index < -0.39 is 33.5 Å². The molecule has 0 radical (unpaired) electrons. The average molecular weight is 255 g/mol. The Labute approximate surface area is 93.5 Å². The van der Waals surface area contributed by atoms with Crippen LogP contribution in [-0.4, -0.2) is 27.6 Å². The number of hydrogen-bond acceptors (Lipinski definition) is 7. The predicted molar refractivity (Wildman–Crippen MR) is 47.3 cm³/mol. The van der Waals surface area contributed by atoms with Gasteiger partial charge in [0, 0.05) is 5.92 Å². The van der Waals surface area contributed by atoms with E-state index in [1.165, 1.54) is 0 Å². The molecule has 9 nitrogen and oxygen atoms in total. The molecule has 0 aromatic rings. The van der Waals surface area contributed by atoms with E-state index in [0.29, 0.717) is 0 Å². The van der Waals surface area contributed by atoms with Crippen LogP contribution in [0.25, 0.3) is 0 Å². The van der Waals surface area contributed by atoms with Crippen molar-refractivity contribution in [2.24, 2.45) is 5.92 Å². The fraction of sp³-hybridized carbons (Fsp3) is 0.833. The van der Waals surface area contributed by atoms with Gasteiger partial charge in [0.2, 0.25) is 5.24 Å². The van der Waals surface area contributed by atoms with Gasteiger partial charge >= 0.3 is 0 Å². The van der Waals surface area contributed by atoms with E-state index in [9.17, 15) is 25.0 Å². The highest BCUT2D eigenvalue weighted by Crippen LogP contribution is 2.32. The molecule has 0 unspecified atom stereocenters. The third-order valence-corrected chi connectivity index (χ3v) is 2.52. The van der Waals surface area contributed by atoms with Crippen LogP contribution in [-0.2, 0) is 14.5 Å². The minimum absolute atomic E-state index is 0.0676. The van der Waals surface area contributed by atoms with E-state index in [4.69, 9.17) is 11.6 Å². The van der Waals surface area contributed by atoms with E-state index in [2.05, 4.69) is 9.68 Å². The maximum Gasteiger partial charge on any atom is 0.294 e. The van der Waals surface area contributed by atoms with Crippen LogP contribution in [0, 0.1) is 26.1 Å². The van der Waals surface area contributed by atoms with E-state index in [0.717, 1.165) is 0 Å². The van der Waals surface area contributed by atoms with E-state index >= 15 is 0 Å². The minimum atomic E-state index is -1.15. The third-order valence-electron chi connectivity index (χ3n) is 2.21. The number of carbonyl (C=O) groups is 1. The van der Waals surface area contributed by atoms with E-state index in [1.807, 2.05) is 0 Å². The summed E-state index contributed by atoms with van der Waals surface area (Å²) in [5, 5.41) is 17.3. The Bertz CT molecular complexity index is 298. The normalized spacial score (nSPS) is 28.4. The van der Waals surface area contributed by atoms with Gasteiger partial charge in [-0.05, 0) is 24.4 Å². The first-order valence-corrected chi connectivity index (χ1v) is 4.59. The van der Waals surface area contributed by atoms with Crippen LogP contribution >= 0.6 is 11.6 Å². The number of halogens is 1. The van der Waals surface area contributed by atoms with Crippen molar-refractivity contribution < 1.29 is 24.6 Å². The molecular weight excluding hydrogens is 248 g/mol. The SMILES string of the molecule is O=C(Cl)[C@H]1C[C@H](O[N+](=O)[O-])[C@H](O[N+](=O)[O-])C1. The van der Waals surface area contributed by atoms with Crippen molar-refractivity contribution >= 4 is 16.8 Å². The Balaban J connectivity index is 2.66. The zero-order valence-corrected chi connectivity index (χ0v) is 8.53. The van der Waals surface area contributed by atoms with Crippen molar-refractivity contribution in [1.29, 1.82) is 0 Å². The summed E-state index contributed by atoms with van der Waals surface area (Å²) in [5.41, 5.74) is 0. The number of hydrogen-bond donors (Lipinski definition) is 0. The van der Waals surface area contributed by atoms with Crippen LogP contribution in [0.5, 0.6) is 0 Å². The average Bonchev–Trinajstić information content (AvgIpc) is 2.46. The second kappa shape index (κ2) is 4.92. The summed E-state index contributed by atoms with van der Waals surface area (Å²) in [6, 6.07) is 0. The first-order chi connectivity index (χ1) is 7.40. The van der Waals surface area contributed by atoms with Gasteiger partial charge in [0.15, 0.2) is 0 Å². The van der Waals surface area contributed by atoms with Crippen molar-refractivity contribution in [2.75, 3.05) is 0 Å². The van der Waals surface area contributed by atoms with Gasteiger partial charge in [-0.25, -0.2) is 0 Å². The molecule has 1 aliphatic carbocycles. The predicted octanol–water partition coefficient (Wildman–Crippen LogP) is 0.316. The lowest BCUT2D eigenvalue weighted by molar-refractivity contribution is -0.797. The molecule has 3 atom stereocenters. The summed E-state index contributed by atoms with van der Waals surface area (Å²) in [7, 11) is 0. The van der Waals surface area contributed by atoms with Crippen LogP contribution < -0.4 is 0 Å². The molecule has 1 aliphatic rings. The van der Waals surface area contributed by atoms with Gasteiger partial charge in [0.25, 0.3) is 10.2 Å². The molecule has 10 heteroatoms. The molecule has 16 heavy (non-hydrogen) atoms. The fourth-order valence-corrected chi connectivity index (χ4v) is 1.77. The van der Waals surface area contributed by atoms with E-state index in [-0.39, 0.29) is 12.8 Å². The summed E-state index contributed by atoms with van der Waals surface area (Å²) in [4.78, 5) is 39.4. The molecular formula is C6H7ClN2O7. The quantitative estimate of drug-likeness (QED) is 0.393. The smallest absolute Gasteiger partial charge is 0.294 e. The molecule has 0 aromatic carbocycles. The molecule has 1 saturated carbocycles. The first kappa shape index (κ1) is 12.4. The molecule has 0 saturated heterocycles. The second-order valence-electron chi connectivity index (χ2n) is 3.21. The van der Waals surface area contributed by atoms with Crippen LogP contribution in [0.15, 0.2) is 0 Å². The number of nitrogens with zero attached hydrogens (tertiary/aromatic N) is 2. The van der Waals surface area contributed by atoms with Gasteiger partial charge < -0.3 is 9.68 Å². The van der Waals surface area contributed by atoms with Gasteiger partial charge in [-0.3, -0.25) is 4.79 Å². The maximum absolute atomic E-state index is 10.8. The Hall–Kier alpha value is -1.64. The van der Waals surface area contributed by atoms with Crippen LogP contribution in [0.4, 0.5) is 0 Å². The summed E-state index contributed by atoms with van der Waals surface area (Å²) in [5.74, 6) is -0.725. The fourth-order valence-electron chi connectivity index (χ4n) is 1.59. The molecule has 0 spiro atoms. The van der Waals surface area contributed by atoms with Crippen molar-refractivity contribution in [3.63, 3.8) is 0 Å². The molecule has 0 amide bonds. The standard InChI is InChI=1S/C6H7ClN2O7/c7-6(10)3-1-4(15-8(11)12)5(2-3)16-9(13)14/h3-5H,1-2H2/t3-,4-,5+. The topological polar surface area (TPSA) is 122 Å². The largest absolute Gasteiger partial charge is 0.308 e.